The molecule has 2 aromatic carbocycles. The molecule has 6 rings (SSSR count). The molecule has 0 aromatic heterocycles. The lowest BCUT2D eigenvalue weighted by molar-refractivity contribution is 0.0696. The molecule has 0 saturated carbocycles. The summed E-state index contributed by atoms with van der Waals surface area (Å²) in [6, 6.07) is 18.9. The highest BCUT2D eigenvalue weighted by Gasteiger charge is 2.18. The van der Waals surface area contributed by atoms with Crippen LogP contribution >= 0.6 is 47.0 Å². The number of benzene rings is 2. The van der Waals surface area contributed by atoms with Crippen molar-refractivity contribution in [3.63, 3.8) is 0 Å². The molecule has 15 heteroatoms. The number of hydrogen-bond donors (Lipinski definition) is 6. The molecular formula is C35H53N9O2S4. The van der Waals surface area contributed by atoms with Gasteiger partial charge in [0.1, 0.15) is 0 Å². The van der Waals surface area contributed by atoms with Gasteiger partial charge in [0.25, 0.3) is 0 Å². The van der Waals surface area contributed by atoms with E-state index in [2.05, 4.69) is 51.2 Å². The van der Waals surface area contributed by atoms with Crippen LogP contribution in [-0.4, -0.2) is 85.5 Å². The number of carbonyl (C=O) groups is 1. The normalized spacial score (nSPS) is 22.0. The second kappa shape index (κ2) is 23.6. The zero-order valence-corrected chi connectivity index (χ0v) is 32.1. The van der Waals surface area contributed by atoms with Gasteiger partial charge in [-0.15, -0.1) is 0 Å². The first-order valence-electron chi connectivity index (χ1n) is 17.1. The van der Waals surface area contributed by atoms with Gasteiger partial charge in [-0.1, -0.05) is 116 Å². The van der Waals surface area contributed by atoms with Crippen LogP contribution < -0.4 is 28.7 Å². The highest BCUT2D eigenvalue weighted by atomic mass is 32.2. The van der Waals surface area contributed by atoms with Crippen molar-refractivity contribution >= 4 is 73.7 Å². The summed E-state index contributed by atoms with van der Waals surface area (Å²) in [6.45, 7) is 2.99. The highest BCUT2D eigenvalue weighted by molar-refractivity contribution is 8.14. The number of carboxylic acids is 1. The number of aromatic carboxylic acids is 1. The maximum Gasteiger partial charge on any atom is 0.335 e. The molecule has 0 bridgehead atoms. The summed E-state index contributed by atoms with van der Waals surface area (Å²) in [5, 5.41) is 11.8. The monoisotopic (exact) mass is 759 g/mol. The van der Waals surface area contributed by atoms with Gasteiger partial charge in [-0.3, -0.25) is 20.0 Å². The second-order valence-corrected chi connectivity index (χ2v) is 16.2. The smallest absolute Gasteiger partial charge is 0.335 e. The van der Waals surface area contributed by atoms with Gasteiger partial charge in [0.15, 0.2) is 20.7 Å². The molecule has 4 aliphatic heterocycles. The number of aliphatic imine (C=N–C) groups is 4. The van der Waals surface area contributed by atoms with Crippen molar-refractivity contribution in [3.8, 4) is 0 Å². The predicted molar refractivity (Wildman–Crippen MR) is 221 cm³/mol. The van der Waals surface area contributed by atoms with Crippen LogP contribution in [0.1, 0.15) is 66.9 Å². The average Bonchev–Trinajstić information content (AvgIpc) is 3.92. The third-order valence-corrected chi connectivity index (χ3v) is 11.6. The number of thioether (sulfide) groups is 4. The minimum Gasteiger partial charge on any atom is -0.478 e. The van der Waals surface area contributed by atoms with Crippen LogP contribution in [0.4, 0.5) is 0 Å². The number of amidine groups is 4. The molecule has 4 aliphatic rings. The number of nitrogens with two attached hydrogens (primary N) is 5. The van der Waals surface area contributed by atoms with Crippen molar-refractivity contribution in [2.24, 2.45) is 48.6 Å². The number of unbranched alkanes of at least 4 members (excludes halogenated alkanes) is 2. The fraction of sp³-hybridized carbons (Fsp3) is 0.514. The van der Waals surface area contributed by atoms with Gasteiger partial charge < -0.3 is 33.8 Å². The first kappa shape index (κ1) is 41.6. The third kappa shape index (κ3) is 16.9. The molecule has 0 amide bonds. The van der Waals surface area contributed by atoms with Crippen molar-refractivity contribution in [2.75, 3.05) is 29.6 Å². The number of rotatable bonds is 12. The van der Waals surface area contributed by atoms with Gasteiger partial charge in [-0.25, -0.2) is 4.79 Å². The summed E-state index contributed by atoms with van der Waals surface area (Å²) in [7, 11) is 0. The molecule has 11 nitrogen and oxygen atoms in total. The molecule has 0 fully saturated rings. The standard InChI is InChI=1S/C11H12N2O2S.C10H12N2S.C7H15N3S.C7H14N2S/c12-11-13-9(6-16-11)5-7-2-1-3-8(4-7)10(14)15;11-10-12-9(7-13-10)6-8-4-2-1-3-5-8;8-4-2-1-3-6-5-11-7(9)10-6;1-2-3-4-6-5-10-7(8)9-6/h1-4,9H,5-6H2,(H2,12,13)(H,14,15);1-5,9H,6-7H2,(H2,11,12);6H,1-5,8H2,(H2,9,10);6H,2-5H2,1H3,(H2,8,9). The fourth-order valence-corrected chi connectivity index (χ4v) is 8.42. The number of nitrogens with zero attached hydrogens (tertiary/aromatic N) is 4. The Labute approximate surface area is 314 Å². The zero-order chi connectivity index (χ0) is 36.1. The van der Waals surface area contributed by atoms with Gasteiger partial charge >= 0.3 is 5.97 Å². The van der Waals surface area contributed by atoms with Gasteiger partial charge in [0.05, 0.1) is 29.7 Å². The first-order valence-corrected chi connectivity index (χ1v) is 21.0. The quantitative estimate of drug-likeness (QED) is 0.155. The summed E-state index contributed by atoms with van der Waals surface area (Å²) >= 11 is 6.54. The Morgan fingerprint density at radius 2 is 1.12 bits per heavy atom. The molecule has 50 heavy (non-hydrogen) atoms. The van der Waals surface area contributed by atoms with Gasteiger partial charge in [-0.2, -0.15) is 0 Å². The Hall–Kier alpha value is -2.85. The van der Waals surface area contributed by atoms with Gasteiger partial charge in [0, 0.05) is 23.0 Å². The van der Waals surface area contributed by atoms with Crippen LogP contribution in [0.5, 0.6) is 0 Å². The number of carboxylic acid groups (broad SMARTS) is 1. The van der Waals surface area contributed by atoms with Gasteiger partial charge in [-0.05, 0) is 61.9 Å². The largest absolute Gasteiger partial charge is 0.478 e. The Balaban J connectivity index is 0.000000183. The van der Waals surface area contributed by atoms with Crippen LogP contribution in [0.25, 0.3) is 0 Å². The van der Waals surface area contributed by atoms with Crippen LogP contribution in [0.2, 0.25) is 0 Å². The molecular weight excluding hydrogens is 707 g/mol. The summed E-state index contributed by atoms with van der Waals surface area (Å²) in [5.74, 6) is 3.18. The molecule has 274 valence electrons. The molecule has 0 saturated heterocycles. The average molecular weight is 760 g/mol. The van der Waals surface area contributed by atoms with E-state index in [9.17, 15) is 4.79 Å². The molecule has 0 spiro atoms. The Morgan fingerprint density at radius 3 is 1.56 bits per heavy atom. The Bertz CT molecular complexity index is 1440. The predicted octanol–water partition coefficient (Wildman–Crippen LogP) is 5.17. The first-order chi connectivity index (χ1) is 24.1. The van der Waals surface area contributed by atoms with Crippen molar-refractivity contribution in [2.45, 2.75) is 82.5 Å². The lowest BCUT2D eigenvalue weighted by atomic mass is 10.0. The maximum atomic E-state index is 10.8. The topological polar surface area (TPSA) is 217 Å². The van der Waals surface area contributed by atoms with Crippen molar-refractivity contribution in [1.82, 2.24) is 0 Å². The van der Waals surface area contributed by atoms with Crippen molar-refractivity contribution < 1.29 is 9.90 Å². The zero-order valence-electron chi connectivity index (χ0n) is 28.9. The third-order valence-electron chi connectivity index (χ3n) is 7.78. The summed E-state index contributed by atoms with van der Waals surface area (Å²) in [5.41, 5.74) is 30.2. The number of hydrogen-bond acceptors (Lipinski definition) is 14. The summed E-state index contributed by atoms with van der Waals surface area (Å²) in [4.78, 5) is 28.0. The molecule has 4 atom stereocenters. The highest BCUT2D eigenvalue weighted by Crippen LogP contribution is 2.21. The summed E-state index contributed by atoms with van der Waals surface area (Å²) < 4.78 is 0. The molecule has 4 heterocycles. The van der Waals surface area contributed by atoms with Crippen molar-refractivity contribution in [1.29, 1.82) is 0 Å². The summed E-state index contributed by atoms with van der Waals surface area (Å²) in [6.07, 6.45) is 8.94. The molecule has 2 aromatic rings. The minimum atomic E-state index is -0.898. The van der Waals surface area contributed by atoms with E-state index in [0.717, 1.165) is 76.3 Å². The Kier molecular flexibility index (Phi) is 19.6. The minimum absolute atomic E-state index is 0.175. The van der Waals surface area contributed by atoms with Crippen LogP contribution in [0.3, 0.4) is 0 Å². The van der Waals surface area contributed by atoms with E-state index >= 15 is 0 Å². The van der Waals surface area contributed by atoms with E-state index in [1.54, 1.807) is 65.2 Å². The van der Waals surface area contributed by atoms with E-state index < -0.39 is 5.97 Å². The fourth-order valence-electron chi connectivity index (χ4n) is 5.20. The van der Waals surface area contributed by atoms with Crippen molar-refractivity contribution in [3.05, 3.63) is 71.3 Å². The molecule has 0 radical (unpaired) electrons. The van der Waals surface area contributed by atoms with E-state index in [1.165, 1.54) is 31.2 Å². The molecule has 4 unspecified atom stereocenters. The van der Waals surface area contributed by atoms with E-state index in [4.69, 9.17) is 33.8 Å². The van der Waals surface area contributed by atoms with E-state index in [1.807, 2.05) is 12.1 Å². The van der Waals surface area contributed by atoms with E-state index in [0.29, 0.717) is 28.9 Å². The van der Waals surface area contributed by atoms with Crippen LogP contribution in [0, 0.1) is 0 Å². The van der Waals surface area contributed by atoms with Crippen LogP contribution in [-0.2, 0) is 12.8 Å². The SMILES string of the molecule is CCCCC1CSC(N)=N1.NC1=NC(Cc2cccc(C(=O)O)c2)CS1.NC1=NC(Cc2ccccc2)CS1.NCCCCC1CSC(N)=N1. The second-order valence-electron chi connectivity index (χ2n) is 12.1. The molecule has 11 N–H and O–H groups in total. The maximum absolute atomic E-state index is 10.8. The Morgan fingerprint density at radius 1 is 0.660 bits per heavy atom. The lowest BCUT2D eigenvalue weighted by Crippen LogP contribution is -2.09. The lowest BCUT2D eigenvalue weighted by Gasteiger charge is -2.06. The van der Waals surface area contributed by atoms with Gasteiger partial charge in [0.2, 0.25) is 0 Å². The molecule has 0 aliphatic carbocycles. The van der Waals surface area contributed by atoms with E-state index in [-0.39, 0.29) is 6.04 Å². The van der Waals surface area contributed by atoms with Crippen LogP contribution in [0.15, 0.2) is 74.6 Å².